The van der Waals surface area contributed by atoms with Gasteiger partial charge in [-0.2, -0.15) is 9.90 Å². The maximum atomic E-state index is 11.9. The van der Waals surface area contributed by atoms with Gasteiger partial charge in [0.15, 0.2) is 0 Å². The Morgan fingerprint density at radius 1 is 0.311 bits per heavy atom. The molecule has 0 radical (unpaired) electrons. The third kappa shape index (κ3) is 80.4. The zero-order valence-electron chi connectivity index (χ0n) is 84.7. The van der Waals surface area contributed by atoms with E-state index in [1.54, 1.807) is 30.9 Å². The number of benzene rings is 1. The van der Waals surface area contributed by atoms with Gasteiger partial charge in [-0.25, -0.2) is 0 Å². The Morgan fingerprint density at radius 2 is 0.548 bits per heavy atom. The third-order valence-electron chi connectivity index (χ3n) is 25.3. The number of aliphatic hydroxyl groups is 2. The molecule has 7 aliphatic rings. The topological polar surface area (TPSA) is 332 Å². The summed E-state index contributed by atoms with van der Waals surface area (Å²) in [5.74, 6) is -0.833. The molecule has 0 saturated carbocycles. The van der Waals surface area contributed by atoms with Crippen molar-refractivity contribution in [2.24, 2.45) is 0 Å². The van der Waals surface area contributed by atoms with Crippen LogP contribution in [0.25, 0.3) is 0 Å². The van der Waals surface area contributed by atoms with Crippen molar-refractivity contribution in [1.82, 2.24) is 36.0 Å². The fraction of sp³-hybridized carbons (Fsp3) is 0.843. The number of esters is 4. The van der Waals surface area contributed by atoms with Crippen LogP contribution >= 0.6 is 21.5 Å². The average Bonchev–Trinajstić information content (AvgIpc) is 1.76. The molecule has 135 heavy (non-hydrogen) atoms. The van der Waals surface area contributed by atoms with Gasteiger partial charge in [0.25, 0.3) is 0 Å². The van der Waals surface area contributed by atoms with E-state index >= 15 is 0 Å². The monoisotopic (exact) mass is 1950 g/mol. The van der Waals surface area contributed by atoms with Crippen molar-refractivity contribution in [3.8, 4) is 0 Å². The Bertz CT molecular complexity index is 3140. The largest absolute Gasteiger partial charge is 0.460 e. The summed E-state index contributed by atoms with van der Waals surface area (Å²) < 4.78 is 25.9. The minimum Gasteiger partial charge on any atom is -0.460 e. The number of amides is 7. The molecule has 0 aliphatic carbocycles. The van der Waals surface area contributed by atoms with Gasteiger partial charge in [0, 0.05) is 72.5 Å². The number of nitrogens with zero attached hydrogens (tertiary/aromatic N) is 3. The first-order valence-electron chi connectivity index (χ1n) is 53.1. The number of rotatable bonds is 67. The summed E-state index contributed by atoms with van der Waals surface area (Å²) in [7, 11) is 5.16. The maximum Gasteiger partial charge on any atom is 0.306 e. The van der Waals surface area contributed by atoms with E-state index in [4.69, 9.17) is 45.5 Å². The van der Waals surface area contributed by atoms with Gasteiger partial charge in [-0.15, -0.1) is 0 Å². The summed E-state index contributed by atoms with van der Waals surface area (Å²) in [5.41, 5.74) is 1.07. The van der Waals surface area contributed by atoms with E-state index in [-0.39, 0.29) is 127 Å². The number of ether oxygens (including phenoxy) is 5. The summed E-state index contributed by atoms with van der Waals surface area (Å²) in [6.07, 6.45) is 82.6. The van der Waals surface area contributed by atoms with Gasteiger partial charge in [0.1, 0.15) is 24.4 Å². The van der Waals surface area contributed by atoms with Gasteiger partial charge < -0.3 is 69.9 Å². The van der Waals surface area contributed by atoms with Gasteiger partial charge in [0.05, 0.1) is 96.0 Å². The second-order valence-corrected chi connectivity index (χ2v) is 38.8. The Morgan fingerprint density at radius 3 is 0.763 bits per heavy atom. The summed E-state index contributed by atoms with van der Waals surface area (Å²) in [6.45, 7) is 11.4. The van der Waals surface area contributed by atoms with Crippen LogP contribution in [0.1, 0.15) is 478 Å². The second kappa shape index (κ2) is 90.5. The quantitative estimate of drug-likeness (QED) is 0.0153. The van der Waals surface area contributed by atoms with Crippen molar-refractivity contribution in [3.63, 3.8) is 0 Å². The molecule has 1 aromatic rings. The van der Waals surface area contributed by atoms with Crippen LogP contribution < -0.4 is 21.3 Å². The molecule has 8 unspecified atom stereocenters. The van der Waals surface area contributed by atoms with Crippen molar-refractivity contribution in [3.05, 3.63) is 34.9 Å². The van der Waals surface area contributed by atoms with E-state index in [2.05, 4.69) is 35.1 Å². The van der Waals surface area contributed by atoms with E-state index in [1.807, 2.05) is 24.3 Å². The van der Waals surface area contributed by atoms with E-state index in [0.717, 1.165) is 36.3 Å². The molecule has 8 atom stereocenters. The number of carbonyl (C=O) groups excluding carboxylic acids is 11. The second-order valence-electron chi connectivity index (χ2n) is 38.3. The summed E-state index contributed by atoms with van der Waals surface area (Å²) in [5, 5.41) is 28.6. The number of carbonyl (C=O) groups is 11. The highest BCUT2D eigenvalue weighted by atomic mass is 35.5. The van der Waals surface area contributed by atoms with Crippen LogP contribution in [0.15, 0.2) is 24.3 Å². The predicted molar refractivity (Wildman–Crippen MR) is 553 cm³/mol. The third-order valence-corrected chi connectivity index (χ3v) is 25.6. The number of hydrogen-bond donors (Lipinski definition) is 6. The molecule has 6 N–H and O–H groups in total. The highest BCUT2D eigenvalue weighted by molar-refractivity contribution is 6.92. The molecule has 0 aromatic heterocycles. The molecular weight excluding hydrogens is 1750 g/mol. The number of halogens is 1. The molecule has 8 rings (SSSR count). The van der Waals surface area contributed by atoms with Crippen LogP contribution in [0.4, 0.5) is 0 Å². The van der Waals surface area contributed by atoms with Crippen LogP contribution in [0.3, 0.4) is 0 Å². The van der Waals surface area contributed by atoms with Gasteiger partial charge in [-0.05, 0) is 30.5 Å². The summed E-state index contributed by atoms with van der Waals surface area (Å²) in [6, 6.07) is 7.51. The van der Waals surface area contributed by atoms with E-state index in [1.165, 1.54) is 365 Å². The lowest BCUT2D eigenvalue weighted by atomic mass is 10.0. The number of nitrogens with one attached hydrogen (secondary N) is 4. The molecule has 7 fully saturated rings. The lowest BCUT2D eigenvalue weighted by Crippen LogP contribution is -2.23. The molecule has 25 nitrogen and oxygen atoms in total. The minimum atomic E-state index is -0.438. The standard InChI is InChI=1S/C37H71NO3.C36H69NO3.C11H12ClNO2.C7H11NO3.C6H9NO3.C5H9NO2.C4H7NO2.2CH4.H3P/c1-3-4-5-6-7-8-9-10-11-12-13-14-15-16-17-18-19-20-21-22-23-24-25-26-27-28-29-30-31-32-37(40)41-35-33-36(39)38(2)34-35;1-2-3-4-5-6-7-8-9-10-11-12-13-14-15-16-17-18-19-20-21-22-23-24-25-26-27-28-29-30-31-36(39)40-34-32-35(38)37-33-34;12-9-3-1-8(2-4-9)7-15-10-5-11(14)13-6-10;1-5(9)11-6-3-7(10)8(2)4-6;1-4(8)10-5-2-6(9)7-3-5;1-6-3-4(7)2-5(6)8;6-3-1-4(7)5-2-3;;;/h35H,3-34H2,1-2H3;34H,2-33H2,1H3,(H,37,38);1-4,10H,5-7H2,(H,13,14);6H,3-4H2,1-2H3;5H,2-3H2,1H3,(H,7,9);4,7H,2-3H2,1H3;3,6H,1-2H2,(H,5,7);2*1H4;1H3. The Kier molecular flexibility index (Phi) is 87.9. The SMILES string of the molecule is C.C.CC(=O)OC1CC(=O)N(C)C1.CC(=O)OC1CNC(=O)C1.CCCCCCCCCCCCCCCCCCCCCCCCCCCCCCCC(=O)OC1CC(=O)N(C)C1.CCCCCCCCCCCCCCCCCCCCCCCCCCCCCCCC(=O)OC1CNC(=O)C1.CN1CC(O)CC1=O.O=C1CC(O)CN1.O=C1CC(OCc2ccc(Cl)cc2)CN1.P. The molecular formula is C108H199ClN7O18P. The number of likely N-dealkylation sites (N-methyl/N-ethyl adjacent to an activating group) is 3. The molecule has 7 amide bonds. The lowest BCUT2D eigenvalue weighted by Gasteiger charge is -2.11. The first kappa shape index (κ1) is 131. The van der Waals surface area contributed by atoms with Gasteiger partial charge in [-0.1, -0.05) is 412 Å². The Labute approximate surface area is 828 Å². The molecule has 0 bridgehead atoms. The van der Waals surface area contributed by atoms with Gasteiger partial charge >= 0.3 is 23.9 Å². The van der Waals surface area contributed by atoms with Crippen LogP contribution in [0.2, 0.25) is 5.02 Å². The number of β-amino-alcohol motifs (C(OH)–C–C–N with tert-alkyl or cyclic N) is 2. The summed E-state index contributed by atoms with van der Waals surface area (Å²) in [4.78, 5) is 125. The van der Waals surface area contributed by atoms with E-state index in [0.29, 0.717) is 104 Å². The summed E-state index contributed by atoms with van der Waals surface area (Å²) >= 11 is 5.76. The number of aliphatic hydroxyl groups excluding tert-OH is 2. The number of hydrogen-bond acceptors (Lipinski definition) is 18. The van der Waals surface area contributed by atoms with E-state index < -0.39 is 12.2 Å². The lowest BCUT2D eigenvalue weighted by molar-refractivity contribution is -0.149. The average molecular weight is 1950 g/mol. The minimum absolute atomic E-state index is 0. The van der Waals surface area contributed by atoms with Crippen molar-refractivity contribution >= 4 is 86.7 Å². The molecule has 7 saturated heterocycles. The van der Waals surface area contributed by atoms with Crippen LogP contribution in [0, 0.1) is 0 Å². The van der Waals surface area contributed by atoms with E-state index in [9.17, 15) is 52.7 Å². The Hall–Kier alpha value is -6.01. The molecule has 0 spiro atoms. The normalized spacial score (nSPS) is 18.4. The fourth-order valence-corrected chi connectivity index (χ4v) is 17.4. The fourth-order valence-electron chi connectivity index (χ4n) is 17.2. The molecule has 27 heteroatoms. The maximum absolute atomic E-state index is 11.9. The molecule has 7 aliphatic heterocycles. The van der Waals surface area contributed by atoms with Crippen molar-refractivity contribution < 1.29 is 86.6 Å². The predicted octanol–water partition coefficient (Wildman–Crippen LogP) is 23.0. The van der Waals surface area contributed by atoms with Crippen LogP contribution in [-0.2, 0) is 83.0 Å². The zero-order valence-corrected chi connectivity index (χ0v) is 86.9. The van der Waals surface area contributed by atoms with Gasteiger partial charge in [-0.3, -0.25) is 52.7 Å². The molecule has 7 heterocycles. The first-order valence-corrected chi connectivity index (χ1v) is 53.5. The van der Waals surface area contributed by atoms with Crippen molar-refractivity contribution in [2.45, 2.75) is 522 Å². The van der Waals surface area contributed by atoms with Crippen molar-refractivity contribution in [2.75, 3.05) is 67.0 Å². The number of unbranched alkanes of at least 4 members (excludes halogenated alkanes) is 56. The Balaban J connectivity index is 0. The molecule has 1 aromatic carbocycles. The van der Waals surface area contributed by atoms with Crippen molar-refractivity contribution in [1.29, 1.82) is 0 Å². The highest BCUT2D eigenvalue weighted by Crippen LogP contribution is 2.23. The smallest absolute Gasteiger partial charge is 0.306 e. The highest BCUT2D eigenvalue weighted by Gasteiger charge is 2.32. The molecule has 786 valence electrons. The van der Waals surface area contributed by atoms with Crippen LogP contribution in [-0.4, -0.2) is 200 Å². The van der Waals surface area contributed by atoms with Crippen LogP contribution in [0.5, 0.6) is 0 Å². The number of likely N-dealkylation sites (tertiary alicyclic amines) is 3. The first-order chi connectivity index (χ1) is 63.8. The van der Waals surface area contributed by atoms with Gasteiger partial charge in [0.2, 0.25) is 41.4 Å². The zero-order chi connectivity index (χ0) is 96.5.